The number of halogens is 1. The van der Waals surface area contributed by atoms with Gasteiger partial charge in [0.15, 0.2) is 0 Å². The average molecular weight is 314 g/mol. The molecule has 21 heavy (non-hydrogen) atoms. The Morgan fingerprint density at radius 2 is 2.10 bits per heavy atom. The Kier molecular flexibility index (Phi) is 7.60. The molecule has 2 N–H and O–H groups in total. The number of esters is 1. The largest absolute Gasteiger partial charge is 0.467 e. The van der Waals surface area contributed by atoms with Crippen LogP contribution in [0.15, 0.2) is 24.3 Å². The van der Waals surface area contributed by atoms with E-state index in [-0.39, 0.29) is 12.4 Å². The number of urea groups is 1. The zero-order valence-electron chi connectivity index (χ0n) is 12.0. The second-order valence-electron chi connectivity index (χ2n) is 4.28. The van der Waals surface area contributed by atoms with E-state index in [1.165, 1.54) is 13.2 Å². The molecule has 1 aromatic rings. The van der Waals surface area contributed by atoms with Crippen molar-refractivity contribution in [3.63, 3.8) is 0 Å². The number of methoxy groups -OCH3 is 1. The molecule has 0 unspecified atom stereocenters. The molecule has 0 radical (unpaired) electrons. The highest BCUT2D eigenvalue weighted by molar-refractivity contribution is 7.98. The first-order valence-electron chi connectivity index (χ1n) is 6.43. The maximum Gasteiger partial charge on any atom is 0.328 e. The van der Waals surface area contributed by atoms with Crippen molar-refractivity contribution < 1.29 is 18.7 Å². The first-order chi connectivity index (χ1) is 10.1. The van der Waals surface area contributed by atoms with Crippen molar-refractivity contribution in [2.24, 2.45) is 0 Å². The molecule has 0 bridgehead atoms. The van der Waals surface area contributed by atoms with Gasteiger partial charge in [-0.2, -0.15) is 11.8 Å². The van der Waals surface area contributed by atoms with Gasteiger partial charge in [-0.1, -0.05) is 18.2 Å². The van der Waals surface area contributed by atoms with Crippen LogP contribution in [-0.4, -0.2) is 37.2 Å². The van der Waals surface area contributed by atoms with E-state index in [0.29, 0.717) is 17.7 Å². The summed E-state index contributed by atoms with van der Waals surface area (Å²) in [5, 5.41) is 5.05. The van der Waals surface area contributed by atoms with Crippen LogP contribution in [0.25, 0.3) is 0 Å². The summed E-state index contributed by atoms with van der Waals surface area (Å²) in [7, 11) is 1.27. The Labute approximate surface area is 127 Å². The van der Waals surface area contributed by atoms with Crippen LogP contribution in [-0.2, 0) is 16.1 Å². The number of benzene rings is 1. The second-order valence-corrected chi connectivity index (χ2v) is 5.26. The third-order valence-electron chi connectivity index (χ3n) is 2.80. The van der Waals surface area contributed by atoms with Gasteiger partial charge in [-0.15, -0.1) is 0 Å². The predicted octanol–water partition coefficient (Wildman–Crippen LogP) is 1.92. The quantitative estimate of drug-likeness (QED) is 0.755. The molecule has 116 valence electrons. The summed E-state index contributed by atoms with van der Waals surface area (Å²) in [5.41, 5.74) is 0.381. The third kappa shape index (κ3) is 6.03. The summed E-state index contributed by atoms with van der Waals surface area (Å²) < 4.78 is 18.0. The predicted molar refractivity (Wildman–Crippen MR) is 80.6 cm³/mol. The Morgan fingerprint density at radius 1 is 1.38 bits per heavy atom. The summed E-state index contributed by atoms with van der Waals surface area (Å²) >= 11 is 1.57. The monoisotopic (exact) mass is 314 g/mol. The minimum Gasteiger partial charge on any atom is -0.467 e. The number of hydrogen-bond donors (Lipinski definition) is 2. The smallest absolute Gasteiger partial charge is 0.328 e. The van der Waals surface area contributed by atoms with E-state index >= 15 is 0 Å². The average Bonchev–Trinajstić information content (AvgIpc) is 2.49. The fourth-order valence-electron chi connectivity index (χ4n) is 1.65. The van der Waals surface area contributed by atoms with Crippen molar-refractivity contribution in [1.29, 1.82) is 0 Å². The van der Waals surface area contributed by atoms with Gasteiger partial charge >= 0.3 is 12.0 Å². The number of rotatable bonds is 7. The molecule has 0 aliphatic heterocycles. The Balaban J connectivity index is 2.50. The van der Waals surface area contributed by atoms with Crippen LogP contribution in [0.2, 0.25) is 0 Å². The highest BCUT2D eigenvalue weighted by atomic mass is 32.2. The van der Waals surface area contributed by atoms with Gasteiger partial charge in [0, 0.05) is 12.1 Å². The molecule has 0 saturated heterocycles. The lowest BCUT2D eigenvalue weighted by Gasteiger charge is -2.16. The first-order valence-corrected chi connectivity index (χ1v) is 7.82. The fraction of sp³-hybridized carbons (Fsp3) is 0.429. The van der Waals surface area contributed by atoms with E-state index in [1.807, 2.05) is 6.26 Å². The lowest BCUT2D eigenvalue weighted by Crippen LogP contribution is -2.46. The number of carbonyl (C=O) groups excluding carboxylic acids is 2. The molecule has 2 amide bonds. The van der Waals surface area contributed by atoms with Gasteiger partial charge in [-0.3, -0.25) is 0 Å². The van der Waals surface area contributed by atoms with Gasteiger partial charge in [0.2, 0.25) is 0 Å². The third-order valence-corrected chi connectivity index (χ3v) is 3.44. The van der Waals surface area contributed by atoms with Crippen LogP contribution in [0.4, 0.5) is 9.18 Å². The second kappa shape index (κ2) is 9.23. The molecule has 0 aliphatic rings. The van der Waals surface area contributed by atoms with E-state index in [1.54, 1.807) is 30.0 Å². The van der Waals surface area contributed by atoms with Gasteiger partial charge < -0.3 is 15.4 Å². The van der Waals surface area contributed by atoms with Crippen LogP contribution >= 0.6 is 11.8 Å². The van der Waals surface area contributed by atoms with E-state index in [0.717, 1.165) is 0 Å². The van der Waals surface area contributed by atoms with Crippen LogP contribution in [0.3, 0.4) is 0 Å². The molecule has 0 spiro atoms. The molecule has 0 heterocycles. The number of thioether (sulfide) groups is 1. The normalized spacial score (nSPS) is 11.6. The van der Waals surface area contributed by atoms with Crippen molar-refractivity contribution in [3.05, 3.63) is 35.6 Å². The lowest BCUT2D eigenvalue weighted by molar-refractivity contribution is -0.142. The molecule has 0 fully saturated rings. The highest BCUT2D eigenvalue weighted by Gasteiger charge is 2.20. The summed E-state index contributed by atoms with van der Waals surface area (Å²) in [6, 6.07) is 4.94. The Morgan fingerprint density at radius 3 is 2.71 bits per heavy atom. The van der Waals surface area contributed by atoms with Gasteiger partial charge in [-0.05, 0) is 24.5 Å². The molecule has 0 aliphatic carbocycles. The summed E-state index contributed by atoms with van der Waals surface area (Å²) in [6.45, 7) is 0.0505. The molecule has 7 heteroatoms. The van der Waals surface area contributed by atoms with Crippen LogP contribution in [0.5, 0.6) is 0 Å². The van der Waals surface area contributed by atoms with Crippen molar-refractivity contribution in [2.45, 2.75) is 19.0 Å². The Hall–Kier alpha value is -1.76. The van der Waals surface area contributed by atoms with Crippen molar-refractivity contribution in [1.82, 2.24) is 10.6 Å². The fourth-order valence-corrected chi connectivity index (χ4v) is 2.12. The summed E-state index contributed by atoms with van der Waals surface area (Å²) in [4.78, 5) is 23.3. The van der Waals surface area contributed by atoms with Crippen molar-refractivity contribution in [2.75, 3.05) is 19.1 Å². The van der Waals surface area contributed by atoms with E-state index in [9.17, 15) is 14.0 Å². The summed E-state index contributed by atoms with van der Waals surface area (Å²) in [6.07, 6.45) is 2.38. The standard InChI is InChI=1S/C14H19FN2O3S/c1-20-13(18)12(7-8-21-2)17-14(19)16-9-10-5-3-4-6-11(10)15/h3-6,12H,7-9H2,1-2H3,(H2,16,17,19)/t12-/m0/s1. The molecule has 0 aromatic heterocycles. The number of ether oxygens (including phenoxy) is 1. The number of nitrogens with one attached hydrogen (secondary N) is 2. The van der Waals surface area contributed by atoms with Crippen LogP contribution in [0, 0.1) is 5.82 Å². The Bertz CT molecular complexity index is 485. The van der Waals surface area contributed by atoms with Crippen molar-refractivity contribution >= 4 is 23.8 Å². The number of carbonyl (C=O) groups is 2. The molecule has 1 rings (SSSR count). The van der Waals surface area contributed by atoms with Crippen LogP contribution < -0.4 is 10.6 Å². The minimum atomic E-state index is -0.705. The lowest BCUT2D eigenvalue weighted by atomic mass is 10.2. The topological polar surface area (TPSA) is 67.4 Å². The molecule has 1 aromatic carbocycles. The molecule has 1 atom stereocenters. The van der Waals surface area contributed by atoms with Gasteiger partial charge in [0.05, 0.1) is 7.11 Å². The maximum atomic E-state index is 13.4. The van der Waals surface area contributed by atoms with Crippen LogP contribution in [0.1, 0.15) is 12.0 Å². The molecular weight excluding hydrogens is 295 g/mol. The summed E-state index contributed by atoms with van der Waals surface area (Å²) in [5.74, 6) is -0.164. The zero-order valence-corrected chi connectivity index (χ0v) is 12.8. The first kappa shape index (κ1) is 17.3. The maximum absolute atomic E-state index is 13.4. The van der Waals surface area contributed by atoms with E-state index < -0.39 is 18.0 Å². The van der Waals surface area contributed by atoms with Gasteiger partial charge in [0.1, 0.15) is 11.9 Å². The highest BCUT2D eigenvalue weighted by Crippen LogP contribution is 2.06. The zero-order chi connectivity index (χ0) is 15.7. The number of amides is 2. The molecule has 0 saturated carbocycles. The minimum absolute atomic E-state index is 0.0505. The number of hydrogen-bond acceptors (Lipinski definition) is 4. The van der Waals surface area contributed by atoms with E-state index in [2.05, 4.69) is 15.4 Å². The van der Waals surface area contributed by atoms with Crippen molar-refractivity contribution in [3.8, 4) is 0 Å². The van der Waals surface area contributed by atoms with Gasteiger partial charge in [0.25, 0.3) is 0 Å². The SMILES string of the molecule is COC(=O)[C@H](CCSC)NC(=O)NCc1ccccc1F. The van der Waals surface area contributed by atoms with Gasteiger partial charge in [-0.25, -0.2) is 14.0 Å². The molecule has 5 nitrogen and oxygen atoms in total. The molecular formula is C14H19FN2O3S. The van der Waals surface area contributed by atoms with E-state index in [4.69, 9.17) is 0 Å².